The van der Waals surface area contributed by atoms with Crippen molar-refractivity contribution < 1.29 is 13.5 Å². The maximum absolute atomic E-state index is 14.6. The van der Waals surface area contributed by atoms with Crippen molar-refractivity contribution in [2.24, 2.45) is 0 Å². The summed E-state index contributed by atoms with van der Waals surface area (Å²) in [6.45, 7) is 5.27. The van der Waals surface area contributed by atoms with E-state index in [1.54, 1.807) is 24.6 Å². The zero-order valence-electron chi connectivity index (χ0n) is 17.0. The van der Waals surface area contributed by atoms with Gasteiger partial charge < -0.3 is 15.0 Å². The number of rotatable bonds is 5. The fourth-order valence-corrected chi connectivity index (χ4v) is 4.97. The standard InChI is InChI=1S/C21H26F2N4OS/c1-4-14-9-15-20(27-7-6-26(2)13(12-27)5-8-28-3)19-16(10-25-21(15)29-14)18(23)17(22)11-24-19/h9-11,13,25H,4-8,12H2,1-3H3. The topological polar surface area (TPSA) is 40.6 Å². The number of nitrogens with zero attached hydrogens (tertiary/aromatic N) is 3. The molecule has 0 radical (unpaired) electrons. The van der Waals surface area contributed by atoms with Crippen LogP contribution in [0.25, 0.3) is 11.9 Å². The summed E-state index contributed by atoms with van der Waals surface area (Å²) in [6.07, 6.45) is 4.36. The number of ether oxygens (including phenoxy) is 1. The van der Waals surface area contributed by atoms with Gasteiger partial charge in [0.2, 0.25) is 0 Å². The molecule has 1 atom stereocenters. The van der Waals surface area contributed by atoms with Crippen molar-refractivity contribution in [2.45, 2.75) is 25.8 Å². The molecule has 0 aliphatic carbocycles. The molecule has 29 heavy (non-hydrogen) atoms. The highest BCUT2D eigenvalue weighted by molar-refractivity contribution is 7.16. The zero-order valence-corrected chi connectivity index (χ0v) is 17.8. The summed E-state index contributed by atoms with van der Waals surface area (Å²) in [6, 6.07) is 2.47. The number of thiophene rings is 1. The number of aromatic nitrogens is 1. The van der Waals surface area contributed by atoms with E-state index in [0.29, 0.717) is 18.0 Å². The predicted octanol–water partition coefficient (Wildman–Crippen LogP) is 1.96. The van der Waals surface area contributed by atoms with Gasteiger partial charge in [-0.3, -0.25) is 9.88 Å². The molecule has 1 unspecified atom stereocenters. The lowest BCUT2D eigenvalue weighted by molar-refractivity contribution is 0.0960. The summed E-state index contributed by atoms with van der Waals surface area (Å²) in [4.78, 5) is 10.2. The normalized spacial score (nSPS) is 19.3. The molecule has 8 heteroatoms. The number of likely N-dealkylation sites (N-methyl/N-ethyl adjacent to an activating group) is 1. The number of piperazine rings is 1. The lowest BCUT2D eigenvalue weighted by Crippen LogP contribution is -2.52. The molecule has 0 amide bonds. The van der Waals surface area contributed by atoms with Gasteiger partial charge in [-0.1, -0.05) is 6.92 Å². The van der Waals surface area contributed by atoms with Crippen molar-refractivity contribution >= 4 is 28.2 Å². The van der Waals surface area contributed by atoms with E-state index in [0.717, 1.165) is 54.9 Å². The first-order chi connectivity index (χ1) is 14.0. The first kappa shape index (κ1) is 20.3. The van der Waals surface area contributed by atoms with Crippen molar-refractivity contribution in [3.63, 3.8) is 0 Å². The second-order valence-corrected chi connectivity index (χ2v) is 8.63. The molecule has 156 valence electrons. The summed E-state index contributed by atoms with van der Waals surface area (Å²) in [7, 11) is 3.83. The minimum atomic E-state index is -0.933. The molecule has 1 fully saturated rings. The summed E-state index contributed by atoms with van der Waals surface area (Å²) in [5.41, 5.74) is 1.89. The molecular formula is C21H26F2N4OS. The summed E-state index contributed by atoms with van der Waals surface area (Å²) in [5, 5.41) is 4.81. The van der Waals surface area contributed by atoms with Gasteiger partial charge in [0, 0.05) is 56.0 Å². The molecule has 0 bridgehead atoms. The molecule has 5 nitrogen and oxygen atoms in total. The van der Waals surface area contributed by atoms with E-state index in [1.165, 1.54) is 4.88 Å². The Labute approximate surface area is 173 Å². The Morgan fingerprint density at radius 3 is 2.93 bits per heavy atom. The molecule has 2 aliphatic heterocycles. The van der Waals surface area contributed by atoms with Gasteiger partial charge >= 0.3 is 0 Å². The fourth-order valence-electron chi connectivity index (χ4n) is 4.00. The van der Waals surface area contributed by atoms with E-state index < -0.39 is 11.6 Å². The Morgan fingerprint density at radius 2 is 2.17 bits per heavy atom. The van der Waals surface area contributed by atoms with E-state index in [9.17, 15) is 8.78 Å². The molecule has 0 saturated carbocycles. The Morgan fingerprint density at radius 1 is 1.34 bits per heavy atom. The van der Waals surface area contributed by atoms with E-state index in [1.807, 2.05) is 0 Å². The third-order valence-electron chi connectivity index (χ3n) is 5.72. The second-order valence-electron chi connectivity index (χ2n) is 7.49. The van der Waals surface area contributed by atoms with Crippen LogP contribution in [-0.4, -0.2) is 61.2 Å². The Kier molecular flexibility index (Phi) is 5.85. The molecule has 4 heterocycles. The van der Waals surface area contributed by atoms with Crippen LogP contribution in [0.2, 0.25) is 0 Å². The van der Waals surface area contributed by atoms with Crippen LogP contribution in [0.3, 0.4) is 0 Å². The average molecular weight is 421 g/mol. The van der Waals surface area contributed by atoms with Crippen molar-refractivity contribution in [3.05, 3.63) is 44.9 Å². The smallest absolute Gasteiger partial charge is 0.177 e. The number of fused-ring (bicyclic) bond motifs is 2. The van der Waals surface area contributed by atoms with Crippen molar-refractivity contribution in [1.29, 1.82) is 0 Å². The van der Waals surface area contributed by atoms with Gasteiger partial charge in [-0.25, -0.2) is 8.78 Å². The van der Waals surface area contributed by atoms with E-state index >= 15 is 0 Å². The van der Waals surface area contributed by atoms with Crippen LogP contribution in [0.4, 0.5) is 13.8 Å². The zero-order chi connectivity index (χ0) is 20.5. The molecule has 4 rings (SSSR count). The van der Waals surface area contributed by atoms with Gasteiger partial charge in [-0.15, -0.1) is 11.3 Å². The highest BCUT2D eigenvalue weighted by atomic mass is 32.1. The number of halogens is 2. The van der Waals surface area contributed by atoms with Crippen LogP contribution in [0.15, 0.2) is 12.3 Å². The first-order valence-corrected chi connectivity index (χ1v) is 10.7. The number of anilines is 1. The van der Waals surface area contributed by atoms with Gasteiger partial charge in [-0.05, 0) is 26.0 Å². The highest BCUT2D eigenvalue weighted by Gasteiger charge is 2.29. The van der Waals surface area contributed by atoms with Crippen molar-refractivity contribution in [1.82, 2.24) is 14.8 Å². The number of pyridine rings is 1. The largest absolute Gasteiger partial charge is 0.385 e. The van der Waals surface area contributed by atoms with Crippen LogP contribution in [-0.2, 0) is 11.2 Å². The number of methoxy groups -OCH3 is 1. The summed E-state index contributed by atoms with van der Waals surface area (Å²) < 4.78 is 33.8. The highest BCUT2D eigenvalue weighted by Crippen LogP contribution is 2.35. The molecule has 2 aromatic heterocycles. The fraction of sp³-hybridized carbons (Fsp3) is 0.476. The quantitative estimate of drug-likeness (QED) is 0.801. The Bertz CT molecular complexity index is 1020. The Balaban J connectivity index is 1.87. The van der Waals surface area contributed by atoms with Crippen LogP contribution in [0.5, 0.6) is 0 Å². The molecule has 2 aromatic rings. The lowest BCUT2D eigenvalue weighted by Gasteiger charge is -2.41. The molecule has 2 aliphatic rings. The number of hydrogen-bond acceptors (Lipinski definition) is 6. The maximum Gasteiger partial charge on any atom is 0.177 e. The van der Waals surface area contributed by atoms with Crippen LogP contribution in [0, 0.1) is 11.6 Å². The van der Waals surface area contributed by atoms with Crippen LogP contribution >= 0.6 is 11.3 Å². The minimum absolute atomic E-state index is 0.175. The summed E-state index contributed by atoms with van der Waals surface area (Å²) >= 11 is 1.65. The molecular weight excluding hydrogens is 394 g/mol. The second kappa shape index (κ2) is 8.38. The van der Waals surface area contributed by atoms with E-state index in [2.05, 4.69) is 40.1 Å². The van der Waals surface area contributed by atoms with Gasteiger partial charge in [0.1, 0.15) is 5.00 Å². The van der Waals surface area contributed by atoms with Crippen LogP contribution < -0.4 is 15.9 Å². The molecule has 1 N–H and O–H groups in total. The number of aryl methyl sites for hydroxylation is 1. The van der Waals surface area contributed by atoms with Gasteiger partial charge in [0.15, 0.2) is 11.6 Å². The monoisotopic (exact) mass is 420 g/mol. The summed E-state index contributed by atoms with van der Waals surface area (Å²) in [5.74, 6) is -1.80. The number of nitrogens with one attached hydrogen (secondary N) is 1. The Hall–Kier alpha value is -2.03. The maximum atomic E-state index is 14.6. The van der Waals surface area contributed by atoms with E-state index in [4.69, 9.17) is 4.74 Å². The van der Waals surface area contributed by atoms with Crippen LogP contribution in [0.1, 0.15) is 23.8 Å². The van der Waals surface area contributed by atoms with E-state index in [-0.39, 0.29) is 5.22 Å². The molecule has 1 saturated heterocycles. The molecule has 0 aromatic carbocycles. The average Bonchev–Trinajstić information content (AvgIpc) is 3.06. The van der Waals surface area contributed by atoms with Crippen molar-refractivity contribution in [2.75, 3.05) is 45.7 Å². The third-order valence-corrected chi connectivity index (χ3v) is 6.93. The first-order valence-electron chi connectivity index (χ1n) is 9.91. The van der Waals surface area contributed by atoms with Gasteiger partial charge in [0.25, 0.3) is 0 Å². The SMILES string of the molecule is CCc1cc2c(s1)NC=c1c(F)c(F)cnc1=C2N1CCN(C)C(CCOC)C1. The van der Waals surface area contributed by atoms with Gasteiger partial charge in [-0.2, -0.15) is 0 Å². The predicted molar refractivity (Wildman–Crippen MR) is 112 cm³/mol. The number of hydrogen-bond donors (Lipinski definition) is 1. The van der Waals surface area contributed by atoms with Gasteiger partial charge in [0.05, 0.1) is 22.5 Å². The third kappa shape index (κ3) is 3.76. The lowest BCUT2D eigenvalue weighted by atomic mass is 10.1. The minimum Gasteiger partial charge on any atom is -0.385 e. The molecule has 0 spiro atoms. The van der Waals surface area contributed by atoms with Crippen molar-refractivity contribution in [3.8, 4) is 0 Å².